The number of carbonyl (C=O) groups is 1. The van der Waals surface area contributed by atoms with Gasteiger partial charge in [-0.15, -0.1) is 10.2 Å². The molecule has 3 aromatic rings. The SMILES string of the molecule is O=C(NCc1ccccn1)c1nnc(-c2ccc(F)cc2)o1. The summed E-state index contributed by atoms with van der Waals surface area (Å²) in [4.78, 5) is 16.0. The third-order valence-corrected chi connectivity index (χ3v) is 2.87. The van der Waals surface area contributed by atoms with Crippen LogP contribution in [0.15, 0.2) is 53.1 Å². The minimum atomic E-state index is -0.494. The maximum absolute atomic E-state index is 12.9. The molecule has 0 atom stereocenters. The summed E-state index contributed by atoms with van der Waals surface area (Å²) in [5.74, 6) is -0.860. The van der Waals surface area contributed by atoms with E-state index in [0.29, 0.717) is 11.3 Å². The first-order valence-electron chi connectivity index (χ1n) is 6.50. The van der Waals surface area contributed by atoms with Gasteiger partial charge in [0.15, 0.2) is 0 Å². The molecule has 1 aromatic carbocycles. The lowest BCUT2D eigenvalue weighted by molar-refractivity contribution is 0.0916. The molecule has 0 saturated carbocycles. The molecule has 0 aliphatic carbocycles. The Balaban J connectivity index is 1.68. The van der Waals surface area contributed by atoms with Crippen molar-refractivity contribution in [3.8, 4) is 11.5 Å². The molecule has 2 aromatic heterocycles. The Morgan fingerprint density at radius 1 is 1.14 bits per heavy atom. The number of hydrogen-bond donors (Lipinski definition) is 1. The molecule has 3 rings (SSSR count). The quantitative estimate of drug-likeness (QED) is 0.798. The van der Waals surface area contributed by atoms with Gasteiger partial charge in [0.05, 0.1) is 12.2 Å². The molecule has 0 spiro atoms. The lowest BCUT2D eigenvalue weighted by Crippen LogP contribution is -2.23. The van der Waals surface area contributed by atoms with Gasteiger partial charge in [0.2, 0.25) is 5.89 Å². The fourth-order valence-corrected chi connectivity index (χ4v) is 1.77. The molecule has 0 radical (unpaired) electrons. The van der Waals surface area contributed by atoms with Crippen LogP contribution < -0.4 is 5.32 Å². The summed E-state index contributed by atoms with van der Waals surface area (Å²) in [6.07, 6.45) is 1.64. The van der Waals surface area contributed by atoms with Crippen molar-refractivity contribution in [2.45, 2.75) is 6.54 Å². The predicted molar refractivity (Wildman–Crippen MR) is 75.1 cm³/mol. The maximum atomic E-state index is 12.9. The Hall–Kier alpha value is -3.09. The zero-order valence-corrected chi connectivity index (χ0v) is 11.4. The van der Waals surface area contributed by atoms with Crippen LogP contribution in [-0.2, 0) is 6.54 Å². The molecule has 0 aliphatic rings. The first-order valence-corrected chi connectivity index (χ1v) is 6.50. The molecule has 22 heavy (non-hydrogen) atoms. The van der Waals surface area contributed by atoms with Crippen molar-refractivity contribution in [1.29, 1.82) is 0 Å². The Morgan fingerprint density at radius 2 is 1.95 bits per heavy atom. The van der Waals surface area contributed by atoms with Crippen molar-refractivity contribution in [1.82, 2.24) is 20.5 Å². The van der Waals surface area contributed by atoms with Crippen LogP contribution >= 0.6 is 0 Å². The highest BCUT2D eigenvalue weighted by Gasteiger charge is 2.15. The molecule has 0 bridgehead atoms. The zero-order chi connectivity index (χ0) is 15.4. The number of nitrogens with zero attached hydrogens (tertiary/aromatic N) is 3. The van der Waals surface area contributed by atoms with Gasteiger partial charge in [-0.05, 0) is 36.4 Å². The van der Waals surface area contributed by atoms with Gasteiger partial charge in [-0.25, -0.2) is 4.39 Å². The normalized spacial score (nSPS) is 10.4. The molecule has 7 heteroatoms. The summed E-state index contributed by atoms with van der Waals surface area (Å²) in [6, 6.07) is 11.0. The number of carbonyl (C=O) groups excluding carboxylic acids is 1. The topological polar surface area (TPSA) is 80.9 Å². The van der Waals surface area contributed by atoms with Crippen LogP contribution in [-0.4, -0.2) is 21.1 Å². The average molecular weight is 298 g/mol. The van der Waals surface area contributed by atoms with Gasteiger partial charge in [0.25, 0.3) is 0 Å². The van der Waals surface area contributed by atoms with Gasteiger partial charge < -0.3 is 9.73 Å². The number of nitrogens with one attached hydrogen (secondary N) is 1. The Labute approximate surface area is 125 Å². The van der Waals surface area contributed by atoms with E-state index >= 15 is 0 Å². The smallest absolute Gasteiger partial charge is 0.309 e. The van der Waals surface area contributed by atoms with E-state index < -0.39 is 5.91 Å². The summed E-state index contributed by atoms with van der Waals surface area (Å²) >= 11 is 0. The van der Waals surface area contributed by atoms with Crippen molar-refractivity contribution in [3.05, 3.63) is 66.1 Å². The minimum Gasteiger partial charge on any atom is -0.412 e. The summed E-state index contributed by atoms with van der Waals surface area (Å²) in [5.41, 5.74) is 1.26. The Kier molecular flexibility index (Phi) is 3.86. The molecule has 6 nitrogen and oxygen atoms in total. The third kappa shape index (κ3) is 3.14. The zero-order valence-electron chi connectivity index (χ0n) is 11.4. The van der Waals surface area contributed by atoms with E-state index in [1.165, 1.54) is 24.3 Å². The highest BCUT2D eigenvalue weighted by atomic mass is 19.1. The second-order valence-corrected chi connectivity index (χ2v) is 4.42. The van der Waals surface area contributed by atoms with Gasteiger partial charge in [0.1, 0.15) is 5.82 Å². The lowest BCUT2D eigenvalue weighted by atomic mass is 10.2. The summed E-state index contributed by atoms with van der Waals surface area (Å²) in [6.45, 7) is 0.258. The van der Waals surface area contributed by atoms with Gasteiger partial charge in [-0.1, -0.05) is 6.07 Å². The van der Waals surface area contributed by atoms with Crippen LogP contribution in [0.5, 0.6) is 0 Å². The van der Waals surface area contributed by atoms with E-state index in [2.05, 4.69) is 20.5 Å². The monoisotopic (exact) mass is 298 g/mol. The molecule has 0 fully saturated rings. The Morgan fingerprint density at radius 3 is 2.68 bits per heavy atom. The highest BCUT2D eigenvalue weighted by molar-refractivity contribution is 5.89. The number of benzene rings is 1. The van der Waals surface area contributed by atoms with Crippen molar-refractivity contribution in [2.75, 3.05) is 0 Å². The molecule has 110 valence electrons. The van der Waals surface area contributed by atoms with E-state index in [9.17, 15) is 9.18 Å². The lowest BCUT2D eigenvalue weighted by Gasteiger charge is -2.00. The molecular weight excluding hydrogens is 287 g/mol. The fourth-order valence-electron chi connectivity index (χ4n) is 1.77. The number of hydrogen-bond acceptors (Lipinski definition) is 5. The molecule has 1 amide bonds. The second-order valence-electron chi connectivity index (χ2n) is 4.42. The third-order valence-electron chi connectivity index (χ3n) is 2.87. The summed E-state index contributed by atoms with van der Waals surface area (Å²) in [5, 5.41) is 10.1. The van der Waals surface area contributed by atoms with Gasteiger partial charge in [-0.3, -0.25) is 9.78 Å². The van der Waals surface area contributed by atoms with Crippen molar-refractivity contribution < 1.29 is 13.6 Å². The summed E-state index contributed by atoms with van der Waals surface area (Å²) in [7, 11) is 0. The molecule has 1 N–H and O–H groups in total. The molecule has 2 heterocycles. The minimum absolute atomic E-state index is 0.156. The maximum Gasteiger partial charge on any atom is 0.309 e. The fraction of sp³-hybridized carbons (Fsp3) is 0.0667. The van der Waals surface area contributed by atoms with Crippen molar-refractivity contribution in [3.63, 3.8) is 0 Å². The van der Waals surface area contributed by atoms with Crippen molar-refractivity contribution >= 4 is 5.91 Å². The number of rotatable bonds is 4. The van der Waals surface area contributed by atoms with Crippen molar-refractivity contribution in [2.24, 2.45) is 0 Å². The van der Waals surface area contributed by atoms with Gasteiger partial charge in [0, 0.05) is 11.8 Å². The highest BCUT2D eigenvalue weighted by Crippen LogP contribution is 2.17. The number of amides is 1. The van der Waals surface area contributed by atoms with Crippen LogP contribution in [0, 0.1) is 5.82 Å². The van der Waals surface area contributed by atoms with Crippen LogP contribution in [0.2, 0.25) is 0 Å². The van der Waals surface area contributed by atoms with E-state index in [4.69, 9.17) is 4.42 Å². The molecular formula is C15H11FN4O2. The summed E-state index contributed by atoms with van der Waals surface area (Å²) < 4.78 is 18.1. The standard InChI is InChI=1S/C15H11FN4O2/c16-11-6-4-10(5-7-11)14-19-20-15(22-14)13(21)18-9-12-3-1-2-8-17-12/h1-8H,9H2,(H,18,21). The molecule has 0 aliphatic heterocycles. The Bertz CT molecular complexity index is 772. The predicted octanol–water partition coefficient (Wildman–Crippen LogP) is 2.20. The van der Waals surface area contributed by atoms with Crippen LogP contribution in [0.25, 0.3) is 11.5 Å². The first-order chi connectivity index (χ1) is 10.7. The van der Waals surface area contributed by atoms with E-state index in [-0.39, 0.29) is 24.1 Å². The number of aromatic nitrogens is 3. The second kappa shape index (κ2) is 6.13. The van der Waals surface area contributed by atoms with Gasteiger partial charge >= 0.3 is 11.8 Å². The number of halogens is 1. The van der Waals surface area contributed by atoms with Crippen LogP contribution in [0.1, 0.15) is 16.4 Å². The molecule has 0 saturated heterocycles. The largest absolute Gasteiger partial charge is 0.412 e. The molecule has 0 unspecified atom stereocenters. The van der Waals surface area contributed by atoms with Crippen LogP contribution in [0.3, 0.4) is 0 Å². The number of pyridine rings is 1. The van der Waals surface area contributed by atoms with E-state index in [1.54, 1.807) is 18.3 Å². The van der Waals surface area contributed by atoms with E-state index in [1.807, 2.05) is 6.07 Å². The van der Waals surface area contributed by atoms with Gasteiger partial charge in [-0.2, -0.15) is 0 Å². The van der Waals surface area contributed by atoms with E-state index in [0.717, 1.165) is 0 Å². The average Bonchev–Trinajstić information content (AvgIpc) is 3.04. The first kappa shape index (κ1) is 13.9. The van der Waals surface area contributed by atoms with Crippen LogP contribution in [0.4, 0.5) is 4.39 Å².